The number of hydrogen-bond acceptors (Lipinski definition) is 2. The summed E-state index contributed by atoms with van der Waals surface area (Å²) in [5.41, 5.74) is -0.0556. The molecule has 0 bridgehead atoms. The van der Waals surface area contributed by atoms with Crippen molar-refractivity contribution in [2.24, 2.45) is 0 Å². The van der Waals surface area contributed by atoms with Crippen LogP contribution in [-0.2, 0) is 9.59 Å². The molecule has 0 aromatic heterocycles. The molecule has 1 atom stereocenters. The fraction of sp³-hybridized carbons (Fsp3) is 0.273. The number of carboxylic acids is 1. The van der Waals surface area contributed by atoms with Crippen LogP contribution in [0.2, 0.25) is 0 Å². The van der Waals surface area contributed by atoms with E-state index in [1.807, 2.05) is 0 Å². The smallest absolute Gasteiger partial charge is 0.471 e. The standard InChI is InChI=1S/C11H9F4NO3/c12-7-3-1-2-6(4-7)8(5-9(17)18)16-10(19)11(13,14)15/h1-4,8H,5H2,(H,16,19)(H,17,18). The monoisotopic (exact) mass is 279 g/mol. The predicted octanol–water partition coefficient (Wildman–Crippen LogP) is 2.02. The SMILES string of the molecule is O=C(O)CC(NC(=O)C(F)(F)F)c1cccc(F)c1. The molecule has 4 nitrogen and oxygen atoms in total. The third kappa shape index (κ3) is 4.57. The zero-order chi connectivity index (χ0) is 14.6. The lowest BCUT2D eigenvalue weighted by atomic mass is 10.0. The Balaban J connectivity index is 2.96. The summed E-state index contributed by atoms with van der Waals surface area (Å²) < 4.78 is 49.3. The summed E-state index contributed by atoms with van der Waals surface area (Å²) in [5.74, 6) is -4.44. The van der Waals surface area contributed by atoms with Gasteiger partial charge in [0, 0.05) is 0 Å². The van der Waals surface area contributed by atoms with Crippen LogP contribution < -0.4 is 5.32 Å². The van der Waals surface area contributed by atoms with Crippen molar-refractivity contribution in [1.82, 2.24) is 5.32 Å². The number of halogens is 4. The molecule has 8 heteroatoms. The van der Waals surface area contributed by atoms with Gasteiger partial charge in [-0.2, -0.15) is 13.2 Å². The van der Waals surface area contributed by atoms with Crippen LogP contribution in [0.3, 0.4) is 0 Å². The minimum Gasteiger partial charge on any atom is -0.481 e. The van der Waals surface area contributed by atoms with Crippen LogP contribution in [0, 0.1) is 5.82 Å². The van der Waals surface area contributed by atoms with Crippen LogP contribution in [0.1, 0.15) is 18.0 Å². The number of rotatable bonds is 4. The first kappa shape index (κ1) is 14.9. The van der Waals surface area contributed by atoms with Crippen molar-refractivity contribution in [3.8, 4) is 0 Å². The van der Waals surface area contributed by atoms with Crippen molar-refractivity contribution in [2.45, 2.75) is 18.6 Å². The van der Waals surface area contributed by atoms with Crippen molar-refractivity contribution in [1.29, 1.82) is 0 Å². The average molecular weight is 279 g/mol. The summed E-state index contributed by atoms with van der Waals surface area (Å²) in [7, 11) is 0. The number of nitrogens with one attached hydrogen (secondary N) is 1. The quantitative estimate of drug-likeness (QED) is 0.829. The Morgan fingerprint density at radius 3 is 2.42 bits per heavy atom. The van der Waals surface area contributed by atoms with Crippen LogP contribution in [0.15, 0.2) is 24.3 Å². The van der Waals surface area contributed by atoms with Crippen LogP contribution in [-0.4, -0.2) is 23.2 Å². The summed E-state index contributed by atoms with van der Waals surface area (Å²) >= 11 is 0. The number of carboxylic acid groups (broad SMARTS) is 1. The van der Waals surface area contributed by atoms with Gasteiger partial charge in [0.2, 0.25) is 0 Å². The van der Waals surface area contributed by atoms with Crippen molar-refractivity contribution < 1.29 is 32.3 Å². The van der Waals surface area contributed by atoms with E-state index < -0.39 is 36.3 Å². The molecule has 1 aromatic carbocycles. The number of aliphatic carboxylic acids is 1. The Labute approximate surface area is 105 Å². The molecule has 19 heavy (non-hydrogen) atoms. The molecular formula is C11H9F4NO3. The molecule has 0 aliphatic rings. The summed E-state index contributed by atoms with van der Waals surface area (Å²) in [5, 5.41) is 10.1. The van der Waals surface area contributed by atoms with E-state index in [1.165, 1.54) is 17.4 Å². The van der Waals surface area contributed by atoms with E-state index in [9.17, 15) is 27.2 Å². The van der Waals surface area contributed by atoms with Crippen molar-refractivity contribution in [3.05, 3.63) is 35.6 Å². The summed E-state index contributed by atoms with van der Waals surface area (Å²) in [4.78, 5) is 21.4. The lowest BCUT2D eigenvalue weighted by Crippen LogP contribution is -2.39. The van der Waals surface area contributed by atoms with Crippen LogP contribution >= 0.6 is 0 Å². The van der Waals surface area contributed by atoms with Gasteiger partial charge in [0.25, 0.3) is 0 Å². The molecule has 0 radical (unpaired) electrons. The van der Waals surface area contributed by atoms with Crippen molar-refractivity contribution in [3.63, 3.8) is 0 Å². The number of benzene rings is 1. The van der Waals surface area contributed by atoms with Gasteiger partial charge < -0.3 is 10.4 Å². The molecule has 0 fully saturated rings. The van der Waals surface area contributed by atoms with E-state index in [1.54, 1.807) is 0 Å². The zero-order valence-electron chi connectivity index (χ0n) is 9.37. The lowest BCUT2D eigenvalue weighted by Gasteiger charge is -2.18. The molecule has 0 heterocycles. The second-order valence-corrected chi connectivity index (χ2v) is 3.68. The van der Waals surface area contributed by atoms with Gasteiger partial charge in [-0.1, -0.05) is 12.1 Å². The van der Waals surface area contributed by atoms with Gasteiger partial charge in [-0.05, 0) is 17.7 Å². The number of hydrogen-bond donors (Lipinski definition) is 2. The lowest BCUT2D eigenvalue weighted by molar-refractivity contribution is -0.174. The van der Waals surface area contributed by atoms with Gasteiger partial charge in [0.1, 0.15) is 5.82 Å². The molecule has 0 spiro atoms. The Kier molecular flexibility index (Phi) is 4.47. The number of amides is 1. The van der Waals surface area contributed by atoms with E-state index in [4.69, 9.17) is 5.11 Å². The molecule has 1 rings (SSSR count). The first-order valence-corrected chi connectivity index (χ1v) is 5.05. The van der Waals surface area contributed by atoms with Gasteiger partial charge in [0.15, 0.2) is 0 Å². The molecule has 104 valence electrons. The van der Waals surface area contributed by atoms with Crippen LogP contribution in [0.25, 0.3) is 0 Å². The maximum atomic E-state index is 13.0. The Morgan fingerprint density at radius 2 is 1.95 bits per heavy atom. The molecule has 1 amide bonds. The van der Waals surface area contributed by atoms with E-state index >= 15 is 0 Å². The number of carbonyl (C=O) groups excluding carboxylic acids is 1. The second kappa shape index (κ2) is 5.68. The van der Waals surface area contributed by atoms with Gasteiger partial charge in [-0.3, -0.25) is 9.59 Å². The highest BCUT2D eigenvalue weighted by molar-refractivity contribution is 5.82. The van der Waals surface area contributed by atoms with Crippen LogP contribution in [0.5, 0.6) is 0 Å². The molecule has 1 aromatic rings. The molecule has 0 saturated heterocycles. The third-order valence-electron chi connectivity index (χ3n) is 2.19. The molecule has 1 unspecified atom stereocenters. The van der Waals surface area contributed by atoms with Gasteiger partial charge in [-0.15, -0.1) is 0 Å². The van der Waals surface area contributed by atoms with Gasteiger partial charge in [0.05, 0.1) is 12.5 Å². The molecule has 0 aliphatic heterocycles. The Bertz CT molecular complexity index is 487. The maximum Gasteiger partial charge on any atom is 0.471 e. The largest absolute Gasteiger partial charge is 0.481 e. The maximum absolute atomic E-state index is 13.0. The third-order valence-corrected chi connectivity index (χ3v) is 2.19. The van der Waals surface area contributed by atoms with Gasteiger partial charge >= 0.3 is 18.1 Å². The normalized spacial score (nSPS) is 12.8. The van der Waals surface area contributed by atoms with E-state index in [0.717, 1.165) is 12.1 Å². The highest BCUT2D eigenvalue weighted by Gasteiger charge is 2.40. The highest BCUT2D eigenvalue weighted by atomic mass is 19.4. The van der Waals surface area contributed by atoms with Crippen LogP contribution in [0.4, 0.5) is 17.6 Å². The minimum atomic E-state index is -5.13. The van der Waals surface area contributed by atoms with E-state index in [-0.39, 0.29) is 5.56 Å². The topological polar surface area (TPSA) is 66.4 Å². The first-order chi connectivity index (χ1) is 8.70. The molecule has 2 N–H and O–H groups in total. The fourth-order valence-corrected chi connectivity index (χ4v) is 1.39. The zero-order valence-corrected chi connectivity index (χ0v) is 9.37. The minimum absolute atomic E-state index is 0.0556. The number of alkyl halides is 3. The summed E-state index contributed by atoms with van der Waals surface area (Å²) in [6.07, 6.45) is -5.92. The predicted molar refractivity (Wildman–Crippen MR) is 55.6 cm³/mol. The second-order valence-electron chi connectivity index (χ2n) is 3.68. The first-order valence-electron chi connectivity index (χ1n) is 5.05. The number of carbonyl (C=O) groups is 2. The fourth-order valence-electron chi connectivity index (χ4n) is 1.39. The summed E-state index contributed by atoms with van der Waals surface area (Å²) in [6, 6.07) is 2.89. The van der Waals surface area contributed by atoms with Gasteiger partial charge in [-0.25, -0.2) is 4.39 Å². The Hall–Kier alpha value is -2.12. The molecule has 0 aliphatic carbocycles. The van der Waals surface area contributed by atoms with Crippen molar-refractivity contribution in [2.75, 3.05) is 0 Å². The average Bonchev–Trinajstić information content (AvgIpc) is 2.26. The molecular weight excluding hydrogens is 270 g/mol. The highest BCUT2D eigenvalue weighted by Crippen LogP contribution is 2.21. The molecule has 0 saturated carbocycles. The van der Waals surface area contributed by atoms with E-state index in [2.05, 4.69) is 0 Å². The van der Waals surface area contributed by atoms with E-state index in [0.29, 0.717) is 0 Å². The Morgan fingerprint density at radius 1 is 1.32 bits per heavy atom. The van der Waals surface area contributed by atoms with Crippen molar-refractivity contribution >= 4 is 11.9 Å². The summed E-state index contributed by atoms with van der Waals surface area (Å²) in [6.45, 7) is 0.